The molecular weight excluding hydrogens is 333 g/mol. The Kier molecular flexibility index (Phi) is 9.95. The smallest absolute Gasteiger partial charge is 0.550 e. The first-order valence-electron chi connectivity index (χ1n) is 6.13. The molecule has 0 spiro atoms. The van der Waals surface area contributed by atoms with Gasteiger partial charge in [-0.2, -0.15) is 13.2 Å². The van der Waals surface area contributed by atoms with Gasteiger partial charge in [0.15, 0.2) is 0 Å². The molecule has 0 aliphatic heterocycles. The minimum Gasteiger partial charge on any atom is -0.550 e. The van der Waals surface area contributed by atoms with Crippen LogP contribution in [-0.4, -0.2) is 24.2 Å². The van der Waals surface area contributed by atoms with Crippen LogP contribution in [0.15, 0.2) is 18.2 Å². The van der Waals surface area contributed by atoms with E-state index in [1.165, 1.54) is 0 Å². The third kappa shape index (κ3) is 7.03. The van der Waals surface area contributed by atoms with Crippen molar-refractivity contribution in [2.75, 3.05) is 13.2 Å². The Morgan fingerprint density at radius 3 is 2.50 bits per heavy atom. The standard InChI is InChI=1S/C13H15F4NO3.K/c14-10-2-1-8(11(5-10)13(15,16)17)6-18-7-9(3-4-19)12(20)21;/h1-2,5,9,18-19H,3-4,6-7H2,(H,20,21);/q;+1/p-1. The van der Waals surface area contributed by atoms with Crippen LogP contribution < -0.4 is 61.8 Å². The van der Waals surface area contributed by atoms with Gasteiger partial charge in [0.1, 0.15) is 5.82 Å². The number of rotatable bonds is 7. The molecule has 22 heavy (non-hydrogen) atoms. The summed E-state index contributed by atoms with van der Waals surface area (Å²) in [5, 5.41) is 21.9. The molecule has 9 heteroatoms. The predicted octanol–water partition coefficient (Wildman–Crippen LogP) is -2.31. The average Bonchev–Trinajstić information content (AvgIpc) is 2.38. The molecule has 0 aromatic heterocycles. The minimum atomic E-state index is -4.70. The van der Waals surface area contributed by atoms with E-state index in [2.05, 4.69) is 5.32 Å². The van der Waals surface area contributed by atoms with E-state index >= 15 is 0 Å². The summed E-state index contributed by atoms with van der Waals surface area (Å²) < 4.78 is 51.1. The zero-order valence-corrected chi connectivity index (χ0v) is 15.0. The number of carbonyl (C=O) groups is 1. The van der Waals surface area contributed by atoms with Crippen LogP contribution in [0.2, 0.25) is 0 Å². The van der Waals surface area contributed by atoms with E-state index in [1.54, 1.807) is 0 Å². The maximum Gasteiger partial charge on any atom is 1.00 e. The molecule has 0 fully saturated rings. The Bertz CT molecular complexity index is 497. The number of alkyl halides is 3. The van der Waals surface area contributed by atoms with Crippen molar-refractivity contribution in [3.05, 3.63) is 35.1 Å². The fraction of sp³-hybridized carbons (Fsp3) is 0.462. The second kappa shape index (κ2) is 9.96. The van der Waals surface area contributed by atoms with Crippen LogP contribution in [0.3, 0.4) is 0 Å². The number of carboxylic acid groups (broad SMARTS) is 1. The number of aliphatic hydroxyl groups is 1. The number of aliphatic carboxylic acids is 1. The number of aliphatic hydroxyl groups excluding tert-OH is 1. The summed E-state index contributed by atoms with van der Waals surface area (Å²) >= 11 is 0. The second-order valence-corrected chi connectivity index (χ2v) is 4.46. The summed E-state index contributed by atoms with van der Waals surface area (Å²) in [6.07, 6.45) is -4.76. The van der Waals surface area contributed by atoms with Crippen LogP contribution in [0, 0.1) is 11.7 Å². The van der Waals surface area contributed by atoms with Crippen LogP contribution >= 0.6 is 0 Å². The zero-order valence-electron chi connectivity index (χ0n) is 11.9. The number of hydrogen-bond acceptors (Lipinski definition) is 4. The Morgan fingerprint density at radius 1 is 1.36 bits per heavy atom. The molecule has 0 bridgehead atoms. The van der Waals surface area contributed by atoms with Gasteiger partial charge in [0.05, 0.1) is 5.56 Å². The summed E-state index contributed by atoms with van der Waals surface area (Å²) in [5.74, 6) is -3.41. The van der Waals surface area contributed by atoms with Crippen molar-refractivity contribution in [2.45, 2.75) is 19.1 Å². The topological polar surface area (TPSA) is 72.4 Å². The third-order valence-electron chi connectivity index (χ3n) is 2.89. The van der Waals surface area contributed by atoms with Crippen molar-refractivity contribution >= 4 is 5.97 Å². The summed E-state index contributed by atoms with van der Waals surface area (Å²) in [4.78, 5) is 10.7. The van der Waals surface area contributed by atoms with Crippen molar-refractivity contribution in [2.24, 2.45) is 5.92 Å². The van der Waals surface area contributed by atoms with E-state index in [-0.39, 0.29) is 83.1 Å². The molecule has 2 N–H and O–H groups in total. The van der Waals surface area contributed by atoms with Gasteiger partial charge in [-0.25, -0.2) is 4.39 Å². The quantitative estimate of drug-likeness (QED) is 0.429. The molecular formula is C13H14F4KNO3. The van der Waals surface area contributed by atoms with Crippen LogP contribution in [0.4, 0.5) is 17.6 Å². The minimum absolute atomic E-state index is 0. The molecule has 1 atom stereocenters. The summed E-state index contributed by atoms with van der Waals surface area (Å²) in [6.45, 7) is -0.799. The molecule has 118 valence electrons. The summed E-state index contributed by atoms with van der Waals surface area (Å²) in [7, 11) is 0. The van der Waals surface area contributed by atoms with E-state index in [0.717, 1.165) is 12.1 Å². The van der Waals surface area contributed by atoms with E-state index in [1.807, 2.05) is 0 Å². The van der Waals surface area contributed by atoms with Crippen molar-refractivity contribution in [3.63, 3.8) is 0 Å². The molecule has 1 rings (SSSR count). The molecule has 0 aliphatic rings. The van der Waals surface area contributed by atoms with Crippen LogP contribution in [0.1, 0.15) is 17.5 Å². The van der Waals surface area contributed by atoms with Crippen LogP contribution in [-0.2, 0) is 17.5 Å². The molecule has 0 saturated carbocycles. The monoisotopic (exact) mass is 347 g/mol. The molecule has 0 saturated heterocycles. The number of carboxylic acids is 1. The number of hydrogen-bond donors (Lipinski definition) is 2. The van der Waals surface area contributed by atoms with Gasteiger partial charge >= 0.3 is 57.6 Å². The Morgan fingerprint density at radius 2 is 2.00 bits per heavy atom. The molecule has 0 heterocycles. The maximum absolute atomic E-state index is 12.9. The van der Waals surface area contributed by atoms with Crippen molar-refractivity contribution in [3.8, 4) is 0 Å². The van der Waals surface area contributed by atoms with Gasteiger partial charge in [0.25, 0.3) is 0 Å². The fourth-order valence-corrected chi connectivity index (χ4v) is 1.81. The van der Waals surface area contributed by atoms with E-state index in [9.17, 15) is 27.5 Å². The van der Waals surface area contributed by atoms with Gasteiger partial charge in [0, 0.05) is 31.6 Å². The molecule has 1 aromatic rings. The Balaban J connectivity index is 0.00000441. The largest absolute Gasteiger partial charge is 1.00 e. The Hall–Kier alpha value is -0.0336. The molecule has 0 aliphatic carbocycles. The molecule has 0 radical (unpaired) electrons. The maximum atomic E-state index is 12.9. The molecule has 4 nitrogen and oxygen atoms in total. The molecule has 1 aromatic carbocycles. The zero-order chi connectivity index (χ0) is 16.0. The van der Waals surface area contributed by atoms with Crippen molar-refractivity contribution < 1.29 is 84.0 Å². The number of benzene rings is 1. The van der Waals surface area contributed by atoms with Gasteiger partial charge in [0.2, 0.25) is 0 Å². The van der Waals surface area contributed by atoms with Gasteiger partial charge in [-0.15, -0.1) is 0 Å². The summed E-state index contributed by atoms with van der Waals surface area (Å²) in [5.41, 5.74) is -1.30. The van der Waals surface area contributed by atoms with E-state index in [0.29, 0.717) is 6.07 Å². The Labute approximate surface area is 167 Å². The first-order valence-corrected chi connectivity index (χ1v) is 6.13. The normalized spacial score (nSPS) is 12.6. The van der Waals surface area contributed by atoms with Gasteiger partial charge in [-0.05, 0) is 24.1 Å². The first-order chi connectivity index (χ1) is 9.75. The number of carbonyl (C=O) groups excluding carboxylic acids is 1. The van der Waals surface area contributed by atoms with E-state index < -0.39 is 29.4 Å². The van der Waals surface area contributed by atoms with Crippen LogP contribution in [0.25, 0.3) is 0 Å². The van der Waals surface area contributed by atoms with Gasteiger partial charge in [-0.3, -0.25) is 0 Å². The van der Waals surface area contributed by atoms with Crippen molar-refractivity contribution in [1.29, 1.82) is 0 Å². The van der Waals surface area contributed by atoms with Crippen LogP contribution in [0.5, 0.6) is 0 Å². The average molecular weight is 347 g/mol. The van der Waals surface area contributed by atoms with Gasteiger partial charge in [-0.1, -0.05) is 6.07 Å². The number of nitrogens with one attached hydrogen (secondary N) is 1. The van der Waals surface area contributed by atoms with Gasteiger partial charge < -0.3 is 20.3 Å². The SMILES string of the molecule is O=C([O-])C(CCO)CNCc1ccc(F)cc1C(F)(F)F.[K+]. The predicted molar refractivity (Wildman–Crippen MR) is 63.3 cm³/mol. The molecule has 1 unspecified atom stereocenters. The third-order valence-corrected chi connectivity index (χ3v) is 2.89. The van der Waals surface area contributed by atoms with E-state index in [4.69, 9.17) is 5.11 Å². The summed E-state index contributed by atoms with van der Waals surface area (Å²) in [6, 6.07) is 2.28. The van der Waals surface area contributed by atoms with Crippen molar-refractivity contribution in [1.82, 2.24) is 5.32 Å². The fourth-order valence-electron chi connectivity index (χ4n) is 1.81. The molecule has 0 amide bonds. The number of halogens is 4. The first kappa shape index (κ1) is 22.0. The second-order valence-electron chi connectivity index (χ2n) is 4.46.